The van der Waals surface area contributed by atoms with Gasteiger partial charge in [0.1, 0.15) is 17.9 Å². The van der Waals surface area contributed by atoms with Gasteiger partial charge in [-0.1, -0.05) is 23.4 Å². The molecule has 1 saturated heterocycles. The van der Waals surface area contributed by atoms with Crippen LogP contribution in [0, 0.1) is 0 Å². The molecule has 10 heteroatoms. The molecule has 4 atom stereocenters. The Bertz CT molecular complexity index is 1070. The lowest BCUT2D eigenvalue weighted by Crippen LogP contribution is -2.38. The zero-order valence-corrected chi connectivity index (χ0v) is 14.3. The van der Waals surface area contributed by atoms with E-state index in [-0.39, 0.29) is 11.3 Å². The number of nitrogens with zero attached hydrogens (tertiary/aromatic N) is 4. The summed E-state index contributed by atoms with van der Waals surface area (Å²) >= 11 is 0. The molecule has 0 radical (unpaired) electrons. The second-order valence-electron chi connectivity index (χ2n) is 6.31. The van der Waals surface area contributed by atoms with Gasteiger partial charge in [0.2, 0.25) is 0 Å². The largest absolute Gasteiger partial charge is 0.388 e. The van der Waals surface area contributed by atoms with Crippen LogP contribution in [-0.4, -0.2) is 53.1 Å². The minimum atomic E-state index is -1.31. The summed E-state index contributed by atoms with van der Waals surface area (Å²) in [7, 11) is 0. The zero-order valence-electron chi connectivity index (χ0n) is 14.3. The molecule has 0 amide bonds. The van der Waals surface area contributed by atoms with Gasteiger partial charge in [-0.3, -0.25) is 14.3 Å². The van der Waals surface area contributed by atoms with Gasteiger partial charge in [0.05, 0.1) is 23.6 Å². The number of benzene rings is 1. The molecule has 1 aliphatic heterocycles. The standard InChI is InChI=1S/C17H17N5O5/c1-9-13(23)14(24)16(27-9)21-7-11(15(25)18-17(21)26)12-8-22(20-19-12)10-5-3-2-4-6-10/h2-9,13-14,16,23-24H,1H3,(H,18,25,26)/t9-,13?,14+,16-/m1/s1. The number of H-pyrrole nitrogens is 1. The number of rotatable bonds is 3. The number of hydrogen-bond acceptors (Lipinski definition) is 7. The van der Waals surface area contributed by atoms with E-state index in [1.165, 1.54) is 10.9 Å². The van der Waals surface area contributed by atoms with E-state index in [1.54, 1.807) is 13.1 Å². The summed E-state index contributed by atoms with van der Waals surface area (Å²) in [6.07, 6.45) is -1.43. The highest BCUT2D eigenvalue weighted by atomic mass is 16.6. The van der Waals surface area contributed by atoms with E-state index in [2.05, 4.69) is 15.3 Å². The van der Waals surface area contributed by atoms with Crippen LogP contribution in [-0.2, 0) is 4.74 Å². The summed E-state index contributed by atoms with van der Waals surface area (Å²) in [6, 6.07) is 9.21. The number of para-hydroxylation sites is 1. The van der Waals surface area contributed by atoms with Crippen LogP contribution in [0.25, 0.3) is 16.9 Å². The molecule has 0 bridgehead atoms. The van der Waals surface area contributed by atoms with Crippen molar-refractivity contribution in [2.45, 2.75) is 31.5 Å². The van der Waals surface area contributed by atoms with Gasteiger partial charge >= 0.3 is 5.69 Å². The van der Waals surface area contributed by atoms with Crippen LogP contribution < -0.4 is 11.2 Å². The van der Waals surface area contributed by atoms with Gasteiger partial charge in [0.25, 0.3) is 5.56 Å². The number of aliphatic hydroxyl groups is 2. The summed E-state index contributed by atoms with van der Waals surface area (Å²) in [6.45, 7) is 1.58. The summed E-state index contributed by atoms with van der Waals surface area (Å²) in [4.78, 5) is 26.6. The summed E-state index contributed by atoms with van der Waals surface area (Å²) in [5.74, 6) is 0. The minimum Gasteiger partial charge on any atom is -0.388 e. The monoisotopic (exact) mass is 371 g/mol. The average molecular weight is 371 g/mol. The summed E-state index contributed by atoms with van der Waals surface area (Å²) in [5.41, 5.74) is -0.314. The first-order valence-electron chi connectivity index (χ1n) is 8.31. The highest BCUT2D eigenvalue weighted by Gasteiger charge is 2.42. The Morgan fingerprint density at radius 1 is 1.11 bits per heavy atom. The lowest BCUT2D eigenvalue weighted by Gasteiger charge is -2.17. The molecular weight excluding hydrogens is 354 g/mol. The fourth-order valence-corrected chi connectivity index (χ4v) is 3.01. The van der Waals surface area contributed by atoms with E-state index in [4.69, 9.17) is 4.74 Å². The molecule has 0 aliphatic carbocycles. The first-order chi connectivity index (χ1) is 13.0. The molecule has 2 aromatic heterocycles. The van der Waals surface area contributed by atoms with Gasteiger partial charge in [-0.15, -0.1) is 5.10 Å². The van der Waals surface area contributed by atoms with Crippen molar-refractivity contribution in [2.24, 2.45) is 0 Å². The fraction of sp³-hybridized carbons (Fsp3) is 0.294. The van der Waals surface area contributed by atoms with Crippen molar-refractivity contribution in [3.8, 4) is 16.9 Å². The lowest BCUT2D eigenvalue weighted by atomic mass is 10.1. The molecule has 4 rings (SSSR count). The SMILES string of the molecule is C[C@H]1O[C@@H](n2cc(-c3cn(-c4ccccc4)nn3)c(=O)[nH]c2=O)[C@@H](O)C1O. The number of ether oxygens (including phenoxy) is 1. The minimum absolute atomic E-state index is 0.0848. The third kappa shape index (κ3) is 2.99. The smallest absolute Gasteiger partial charge is 0.330 e. The van der Waals surface area contributed by atoms with Gasteiger partial charge in [-0.25, -0.2) is 9.48 Å². The Morgan fingerprint density at radius 3 is 2.52 bits per heavy atom. The summed E-state index contributed by atoms with van der Waals surface area (Å²) in [5, 5.41) is 28.0. The Morgan fingerprint density at radius 2 is 1.85 bits per heavy atom. The van der Waals surface area contributed by atoms with Crippen molar-refractivity contribution in [3.63, 3.8) is 0 Å². The Balaban J connectivity index is 1.76. The zero-order chi connectivity index (χ0) is 19.1. The molecule has 1 fully saturated rings. The average Bonchev–Trinajstić information content (AvgIpc) is 3.24. The van der Waals surface area contributed by atoms with Crippen molar-refractivity contribution < 1.29 is 14.9 Å². The molecule has 27 heavy (non-hydrogen) atoms. The molecule has 1 aromatic carbocycles. The third-order valence-electron chi connectivity index (χ3n) is 4.51. The van der Waals surface area contributed by atoms with Crippen LogP contribution in [0.4, 0.5) is 0 Å². The topological polar surface area (TPSA) is 135 Å². The van der Waals surface area contributed by atoms with Crippen molar-refractivity contribution in [1.29, 1.82) is 0 Å². The Kier molecular flexibility index (Phi) is 4.22. The highest BCUT2D eigenvalue weighted by Crippen LogP contribution is 2.28. The molecule has 10 nitrogen and oxygen atoms in total. The Hall–Kier alpha value is -3.08. The van der Waals surface area contributed by atoms with Crippen LogP contribution >= 0.6 is 0 Å². The van der Waals surface area contributed by atoms with Crippen LogP contribution in [0.3, 0.4) is 0 Å². The summed E-state index contributed by atoms with van der Waals surface area (Å²) < 4.78 is 7.99. The predicted octanol–water partition coefficient (Wildman–Crippen LogP) is -0.577. The third-order valence-corrected chi connectivity index (χ3v) is 4.51. The van der Waals surface area contributed by atoms with Crippen molar-refractivity contribution >= 4 is 0 Å². The number of nitrogens with one attached hydrogen (secondary N) is 1. The van der Waals surface area contributed by atoms with Crippen molar-refractivity contribution in [3.05, 3.63) is 63.6 Å². The van der Waals surface area contributed by atoms with Gasteiger partial charge in [-0.2, -0.15) is 0 Å². The maximum absolute atomic E-state index is 12.3. The molecule has 0 spiro atoms. The normalized spacial score (nSPS) is 25.0. The van der Waals surface area contributed by atoms with Gasteiger partial charge in [-0.05, 0) is 19.1 Å². The van der Waals surface area contributed by atoms with E-state index >= 15 is 0 Å². The first-order valence-corrected chi connectivity index (χ1v) is 8.31. The molecule has 3 N–H and O–H groups in total. The van der Waals surface area contributed by atoms with Crippen LogP contribution in [0.5, 0.6) is 0 Å². The maximum atomic E-state index is 12.3. The highest BCUT2D eigenvalue weighted by molar-refractivity contribution is 5.55. The second kappa shape index (κ2) is 6.58. The second-order valence-corrected chi connectivity index (χ2v) is 6.31. The lowest BCUT2D eigenvalue weighted by molar-refractivity contribution is -0.0350. The first kappa shape index (κ1) is 17.3. The molecule has 0 saturated carbocycles. The van der Waals surface area contributed by atoms with E-state index in [9.17, 15) is 19.8 Å². The number of aromatic amines is 1. The van der Waals surface area contributed by atoms with Gasteiger partial charge in [0, 0.05) is 6.20 Å². The quantitative estimate of drug-likeness (QED) is 0.561. The van der Waals surface area contributed by atoms with E-state index in [1.807, 2.05) is 30.3 Å². The molecule has 140 valence electrons. The maximum Gasteiger partial charge on any atom is 0.330 e. The number of hydrogen-bond donors (Lipinski definition) is 3. The van der Waals surface area contributed by atoms with Crippen LogP contribution in [0.1, 0.15) is 13.2 Å². The van der Waals surface area contributed by atoms with Crippen molar-refractivity contribution in [1.82, 2.24) is 24.5 Å². The van der Waals surface area contributed by atoms with E-state index in [0.29, 0.717) is 0 Å². The number of aromatic nitrogens is 5. The predicted molar refractivity (Wildman–Crippen MR) is 93.3 cm³/mol. The van der Waals surface area contributed by atoms with Gasteiger partial charge < -0.3 is 14.9 Å². The van der Waals surface area contributed by atoms with E-state index in [0.717, 1.165) is 10.3 Å². The van der Waals surface area contributed by atoms with E-state index < -0.39 is 35.8 Å². The molecule has 1 aliphatic rings. The van der Waals surface area contributed by atoms with Crippen LogP contribution in [0.2, 0.25) is 0 Å². The van der Waals surface area contributed by atoms with Gasteiger partial charge in [0.15, 0.2) is 6.23 Å². The van der Waals surface area contributed by atoms with Crippen molar-refractivity contribution in [2.75, 3.05) is 0 Å². The fourth-order valence-electron chi connectivity index (χ4n) is 3.01. The Labute approximate surface area is 152 Å². The molecule has 3 heterocycles. The number of aliphatic hydroxyl groups excluding tert-OH is 2. The molecule has 3 aromatic rings. The van der Waals surface area contributed by atoms with Crippen LogP contribution in [0.15, 0.2) is 52.3 Å². The molecular formula is C17H17N5O5. The molecule has 1 unspecified atom stereocenters.